The van der Waals surface area contributed by atoms with Crippen molar-refractivity contribution in [1.82, 2.24) is 0 Å². The summed E-state index contributed by atoms with van der Waals surface area (Å²) in [5.41, 5.74) is 0.727. The van der Waals surface area contributed by atoms with Crippen molar-refractivity contribution in [1.29, 1.82) is 0 Å². The maximum atomic E-state index is 11.6. The molecule has 6 atom stereocenters. The van der Waals surface area contributed by atoms with Crippen LogP contribution in [0.4, 0.5) is 0 Å². The van der Waals surface area contributed by atoms with Crippen molar-refractivity contribution in [3.05, 3.63) is 11.8 Å². The number of rotatable bonds is 2. The van der Waals surface area contributed by atoms with Crippen molar-refractivity contribution in [2.45, 2.75) is 58.2 Å². The highest BCUT2D eigenvalue weighted by molar-refractivity contribution is 7.86. The van der Waals surface area contributed by atoms with Crippen LogP contribution in [0.5, 0.6) is 0 Å². The lowest BCUT2D eigenvalue weighted by atomic mass is 9.50. The van der Waals surface area contributed by atoms with E-state index in [1.165, 1.54) is 6.26 Å². The molecule has 0 aromatic rings. The smallest absolute Gasteiger partial charge is 0.310 e. The zero-order valence-corrected chi connectivity index (χ0v) is 15.2. The van der Waals surface area contributed by atoms with Gasteiger partial charge in [-0.15, -0.1) is 0 Å². The summed E-state index contributed by atoms with van der Waals surface area (Å²) in [6.45, 7) is 4.21. The van der Waals surface area contributed by atoms with Gasteiger partial charge in [0.05, 0.1) is 24.7 Å². The number of hydrogen-bond donors (Lipinski definition) is 1. The number of esters is 1. The van der Waals surface area contributed by atoms with Gasteiger partial charge in [0.1, 0.15) is 0 Å². The van der Waals surface area contributed by atoms with Crippen molar-refractivity contribution in [3.8, 4) is 0 Å². The SMILES string of the molecule is C[C@@H]1[C@@H](OS(C)(=O)=O)CC[C@]2(C)[C@H]3CCC(=O)OC=C3[C@H](O)C[C@@H]12. The number of cyclic esters (lactones) is 1. The fourth-order valence-corrected chi connectivity index (χ4v) is 5.86. The maximum absolute atomic E-state index is 11.6. The van der Waals surface area contributed by atoms with Crippen LogP contribution in [0.3, 0.4) is 0 Å². The molecule has 0 aromatic heterocycles. The molecular formula is C17H26O6S. The van der Waals surface area contributed by atoms with Crippen LogP contribution in [-0.4, -0.2) is 38.0 Å². The van der Waals surface area contributed by atoms with Crippen LogP contribution in [0.2, 0.25) is 0 Å². The topological polar surface area (TPSA) is 89.9 Å². The lowest BCUT2D eigenvalue weighted by molar-refractivity contribution is -0.138. The van der Waals surface area contributed by atoms with Gasteiger partial charge in [-0.05, 0) is 54.4 Å². The first-order valence-electron chi connectivity index (χ1n) is 8.57. The van der Waals surface area contributed by atoms with Gasteiger partial charge in [0.25, 0.3) is 10.1 Å². The van der Waals surface area contributed by atoms with Gasteiger partial charge in [0.2, 0.25) is 0 Å². The molecule has 0 spiro atoms. The molecule has 24 heavy (non-hydrogen) atoms. The third kappa shape index (κ3) is 3.13. The molecule has 0 unspecified atom stereocenters. The first-order valence-corrected chi connectivity index (χ1v) is 10.4. The number of ether oxygens (including phenoxy) is 1. The monoisotopic (exact) mass is 358 g/mol. The third-order valence-electron chi connectivity index (χ3n) is 6.36. The average Bonchev–Trinajstić information content (AvgIpc) is 2.67. The van der Waals surface area contributed by atoms with E-state index in [0.29, 0.717) is 25.7 Å². The van der Waals surface area contributed by atoms with E-state index in [9.17, 15) is 18.3 Å². The predicted molar refractivity (Wildman–Crippen MR) is 87.2 cm³/mol. The minimum Gasteiger partial charge on any atom is -0.434 e. The highest BCUT2D eigenvalue weighted by Crippen LogP contribution is 2.59. The van der Waals surface area contributed by atoms with Crippen LogP contribution in [-0.2, 0) is 23.8 Å². The van der Waals surface area contributed by atoms with Crippen molar-refractivity contribution in [3.63, 3.8) is 0 Å². The molecule has 0 aromatic carbocycles. The zero-order chi connectivity index (χ0) is 17.7. The van der Waals surface area contributed by atoms with Crippen molar-refractivity contribution in [2.75, 3.05) is 6.26 Å². The van der Waals surface area contributed by atoms with E-state index in [0.717, 1.165) is 18.2 Å². The molecular weight excluding hydrogens is 332 g/mol. The summed E-state index contributed by atoms with van der Waals surface area (Å²) < 4.78 is 33.5. The summed E-state index contributed by atoms with van der Waals surface area (Å²) in [5, 5.41) is 10.6. The second-order valence-electron chi connectivity index (χ2n) is 7.80. The normalized spacial score (nSPS) is 43.1. The Hall–Kier alpha value is -0.920. The zero-order valence-electron chi connectivity index (χ0n) is 14.4. The van der Waals surface area contributed by atoms with Crippen LogP contribution < -0.4 is 0 Å². The number of fused-ring (bicyclic) bond motifs is 3. The van der Waals surface area contributed by atoms with Crippen molar-refractivity contribution in [2.24, 2.45) is 23.2 Å². The van der Waals surface area contributed by atoms with Gasteiger partial charge in [-0.2, -0.15) is 8.42 Å². The predicted octanol–water partition coefficient (Wildman–Crippen LogP) is 1.99. The molecule has 6 nitrogen and oxygen atoms in total. The quantitative estimate of drug-likeness (QED) is 0.600. The summed E-state index contributed by atoms with van der Waals surface area (Å²) in [6, 6.07) is 0. The fourth-order valence-electron chi connectivity index (χ4n) is 5.14. The molecule has 0 radical (unpaired) electrons. The Labute approximate surface area is 143 Å². The van der Waals surface area contributed by atoms with Gasteiger partial charge in [-0.25, -0.2) is 0 Å². The molecule has 2 aliphatic carbocycles. The van der Waals surface area contributed by atoms with Crippen molar-refractivity contribution < 1.29 is 27.2 Å². The number of aliphatic hydroxyl groups excluding tert-OH is 1. The van der Waals surface area contributed by atoms with E-state index in [4.69, 9.17) is 8.92 Å². The number of hydrogen-bond acceptors (Lipinski definition) is 6. The van der Waals surface area contributed by atoms with E-state index in [2.05, 4.69) is 6.92 Å². The van der Waals surface area contributed by atoms with Gasteiger partial charge >= 0.3 is 5.97 Å². The highest BCUT2D eigenvalue weighted by Gasteiger charge is 2.55. The van der Waals surface area contributed by atoms with Crippen LogP contribution in [0.25, 0.3) is 0 Å². The minimum absolute atomic E-state index is 0.0227. The third-order valence-corrected chi connectivity index (χ3v) is 6.95. The molecule has 3 rings (SSSR count). The van der Waals surface area contributed by atoms with Gasteiger partial charge < -0.3 is 9.84 Å². The summed E-state index contributed by atoms with van der Waals surface area (Å²) in [4.78, 5) is 11.6. The Morgan fingerprint density at radius 3 is 2.75 bits per heavy atom. The second kappa shape index (κ2) is 6.11. The summed E-state index contributed by atoms with van der Waals surface area (Å²) >= 11 is 0. The summed E-state index contributed by atoms with van der Waals surface area (Å²) in [7, 11) is -3.50. The van der Waals surface area contributed by atoms with E-state index in [1.54, 1.807) is 0 Å². The molecule has 1 N–H and O–H groups in total. The summed E-state index contributed by atoms with van der Waals surface area (Å²) in [6.07, 6.45) is 4.56. The van der Waals surface area contributed by atoms with Crippen LogP contribution in [0.1, 0.15) is 46.0 Å². The Balaban J connectivity index is 1.90. The van der Waals surface area contributed by atoms with E-state index >= 15 is 0 Å². The van der Waals surface area contributed by atoms with E-state index in [-0.39, 0.29) is 35.2 Å². The lowest BCUT2D eigenvalue weighted by Crippen LogP contribution is -2.53. The number of carbonyl (C=O) groups is 1. The summed E-state index contributed by atoms with van der Waals surface area (Å²) in [5.74, 6) is -0.0105. The molecule has 2 saturated carbocycles. The largest absolute Gasteiger partial charge is 0.434 e. The minimum atomic E-state index is -3.50. The van der Waals surface area contributed by atoms with Crippen LogP contribution in [0, 0.1) is 23.2 Å². The van der Waals surface area contributed by atoms with Crippen LogP contribution >= 0.6 is 0 Å². The second-order valence-corrected chi connectivity index (χ2v) is 9.40. The molecule has 0 saturated heterocycles. The van der Waals surface area contributed by atoms with Gasteiger partial charge in [-0.1, -0.05) is 13.8 Å². The maximum Gasteiger partial charge on any atom is 0.310 e. The fraction of sp³-hybridized carbons (Fsp3) is 0.824. The molecule has 2 fully saturated rings. The molecule has 3 aliphatic rings. The molecule has 1 aliphatic heterocycles. The lowest BCUT2D eigenvalue weighted by Gasteiger charge is -2.56. The number of carbonyl (C=O) groups excluding carboxylic acids is 1. The molecule has 0 bridgehead atoms. The Morgan fingerprint density at radius 1 is 1.38 bits per heavy atom. The highest BCUT2D eigenvalue weighted by atomic mass is 32.2. The first-order chi connectivity index (χ1) is 11.1. The Bertz CT molecular complexity index is 654. The molecule has 1 heterocycles. The Kier molecular flexibility index (Phi) is 4.55. The molecule has 7 heteroatoms. The standard InChI is InChI=1S/C17H26O6S/c1-10-13-8-14(18)11-9-22-16(19)5-4-12(11)17(13,2)7-6-15(10)23-24(3,20)21/h9-10,12-15,18H,4-8H2,1-3H3/t10-,12-,13-,14+,15-,17+/m0/s1. The van der Waals surface area contributed by atoms with Gasteiger partial charge in [-0.3, -0.25) is 8.98 Å². The first kappa shape index (κ1) is 17.9. The molecule has 0 amide bonds. The van der Waals surface area contributed by atoms with E-state index in [1.807, 2.05) is 6.92 Å². The van der Waals surface area contributed by atoms with Crippen LogP contribution in [0.15, 0.2) is 11.8 Å². The van der Waals surface area contributed by atoms with Gasteiger partial charge in [0, 0.05) is 6.42 Å². The van der Waals surface area contributed by atoms with E-state index < -0.39 is 16.2 Å². The van der Waals surface area contributed by atoms with Crippen molar-refractivity contribution >= 4 is 16.1 Å². The Morgan fingerprint density at radius 2 is 2.08 bits per heavy atom. The average molecular weight is 358 g/mol. The van der Waals surface area contributed by atoms with Gasteiger partial charge in [0.15, 0.2) is 0 Å². The number of aliphatic hydroxyl groups is 1. The molecule has 136 valence electrons.